The van der Waals surface area contributed by atoms with Crippen molar-refractivity contribution in [1.29, 1.82) is 0 Å². The van der Waals surface area contributed by atoms with Crippen LogP contribution in [0.5, 0.6) is 0 Å². The number of benzene rings is 4. The summed E-state index contributed by atoms with van der Waals surface area (Å²) in [6, 6.07) is 52.6. The van der Waals surface area contributed by atoms with Gasteiger partial charge in [0, 0.05) is 47.5 Å². The van der Waals surface area contributed by atoms with E-state index in [2.05, 4.69) is 36.4 Å². The van der Waals surface area contributed by atoms with E-state index in [1.165, 1.54) is 7.11 Å². The van der Waals surface area contributed by atoms with Gasteiger partial charge in [-0.3, -0.25) is 4.79 Å². The van der Waals surface area contributed by atoms with E-state index >= 15 is 0 Å². The Morgan fingerprint density at radius 2 is 0.846 bits per heavy atom. The summed E-state index contributed by atoms with van der Waals surface area (Å²) in [4.78, 5) is 34.9. The third kappa shape index (κ3) is 5.66. The summed E-state index contributed by atoms with van der Waals surface area (Å²) in [7, 11) is 1.42. The van der Waals surface area contributed by atoms with E-state index in [-0.39, 0.29) is 17.1 Å². The van der Waals surface area contributed by atoms with Crippen LogP contribution in [0.4, 0.5) is 0 Å². The molecule has 2 aliphatic rings. The van der Waals surface area contributed by atoms with Gasteiger partial charge in [-0.2, -0.15) is 0 Å². The zero-order valence-electron chi connectivity index (χ0n) is 28.0. The predicted octanol–water partition coefficient (Wildman–Crippen LogP) is 9.51. The van der Waals surface area contributed by atoms with Crippen molar-refractivity contribution in [3.8, 4) is 44.5 Å². The van der Waals surface area contributed by atoms with E-state index < -0.39 is 11.9 Å². The molecular formula is C45H30CuN4O2. The van der Waals surface area contributed by atoms with Gasteiger partial charge < -0.3 is 24.7 Å². The molecule has 6 nitrogen and oxygen atoms in total. The summed E-state index contributed by atoms with van der Waals surface area (Å²) in [5, 5.41) is 0. The third-order valence-electron chi connectivity index (χ3n) is 9.44. The van der Waals surface area contributed by atoms with Crippen molar-refractivity contribution in [2.75, 3.05) is 7.11 Å². The number of hydrogen-bond donors (Lipinski definition) is 0. The zero-order valence-corrected chi connectivity index (χ0v) is 28.9. The van der Waals surface area contributed by atoms with Gasteiger partial charge in [-0.1, -0.05) is 82.8 Å². The summed E-state index contributed by atoms with van der Waals surface area (Å²) >= 11 is 0. The molecule has 0 aliphatic carbocycles. The summed E-state index contributed by atoms with van der Waals surface area (Å²) in [5.74, 6) is -1.16. The summed E-state index contributed by atoms with van der Waals surface area (Å²) in [6.45, 7) is 0. The molecule has 0 fully saturated rings. The molecule has 4 aromatic carbocycles. The van der Waals surface area contributed by atoms with Crippen molar-refractivity contribution >= 4 is 39.1 Å². The molecule has 10 rings (SSSR count). The Morgan fingerprint density at radius 3 is 1.25 bits per heavy atom. The first-order valence-corrected chi connectivity index (χ1v) is 16.8. The Morgan fingerprint density at radius 1 is 0.481 bits per heavy atom. The Balaban J connectivity index is 0.00000387. The first-order valence-electron chi connectivity index (χ1n) is 16.8. The van der Waals surface area contributed by atoms with Crippen molar-refractivity contribution < 1.29 is 26.6 Å². The molecule has 7 heteroatoms. The van der Waals surface area contributed by atoms with Crippen LogP contribution in [0.1, 0.15) is 17.3 Å². The minimum Gasteiger partial charge on any atom is -0.662 e. The molecule has 0 saturated heterocycles. The van der Waals surface area contributed by atoms with Crippen LogP contribution in [0.3, 0.4) is 0 Å². The number of methoxy groups -OCH3 is 1. The molecule has 0 unspecified atom stereocenters. The normalized spacial score (nSPS) is 11.8. The molecule has 6 heterocycles. The number of hydrogen-bond acceptors (Lipinski definition) is 2. The molecule has 0 atom stereocenters. The Labute approximate surface area is 311 Å². The molecule has 253 valence electrons. The minimum atomic E-state index is -0.764. The van der Waals surface area contributed by atoms with Crippen molar-refractivity contribution in [3.63, 3.8) is 0 Å². The van der Waals surface area contributed by atoms with Crippen LogP contribution in [0.15, 0.2) is 158 Å². The second-order valence-corrected chi connectivity index (χ2v) is 12.4. The zero-order chi connectivity index (χ0) is 34.3. The quantitative estimate of drug-likeness (QED) is 0.100. The van der Waals surface area contributed by atoms with Crippen LogP contribution >= 0.6 is 0 Å². The molecule has 0 N–H and O–H groups in total. The van der Waals surface area contributed by atoms with Gasteiger partial charge in [0.15, 0.2) is 0 Å². The Kier molecular flexibility index (Phi) is 8.73. The maximum absolute atomic E-state index is 13.9. The number of rotatable bonds is 5. The molecule has 8 bridgehead atoms. The number of carbonyl (C=O) groups is 1. The van der Waals surface area contributed by atoms with E-state index in [0.717, 1.165) is 66.6 Å². The van der Waals surface area contributed by atoms with Gasteiger partial charge in [0.2, 0.25) is 0 Å². The average molecular weight is 722 g/mol. The second kappa shape index (κ2) is 13.8. The molecule has 0 amide bonds. The molecule has 1 radical (unpaired) electrons. The smallest absolute Gasteiger partial charge is 0.662 e. The number of esters is 1. The first kappa shape index (κ1) is 32.9. The van der Waals surface area contributed by atoms with E-state index in [4.69, 9.17) is 24.7 Å². The summed E-state index contributed by atoms with van der Waals surface area (Å²) < 4.78 is 5.48. The van der Waals surface area contributed by atoms with Crippen LogP contribution < -0.4 is 19.9 Å². The van der Waals surface area contributed by atoms with Crippen LogP contribution in [0.2, 0.25) is 0 Å². The molecule has 0 saturated carbocycles. The maximum Gasteiger partial charge on any atom is 2.00 e. The van der Waals surface area contributed by atoms with Gasteiger partial charge in [0.25, 0.3) is 0 Å². The van der Waals surface area contributed by atoms with Gasteiger partial charge in [0.05, 0.1) is 24.2 Å². The first-order chi connectivity index (χ1) is 25.2. The monoisotopic (exact) mass is 721 g/mol. The van der Waals surface area contributed by atoms with Gasteiger partial charge in [0.1, 0.15) is 0 Å². The van der Waals surface area contributed by atoms with Crippen LogP contribution in [0, 0.1) is 0 Å². The number of carbonyl (C=O) groups excluding carboxylic acids is 1. The maximum atomic E-state index is 13.9. The Hall–Kier alpha value is -6.27. The molecule has 0 spiro atoms. The predicted molar refractivity (Wildman–Crippen MR) is 203 cm³/mol. The van der Waals surface area contributed by atoms with E-state index in [1.807, 2.05) is 121 Å². The van der Waals surface area contributed by atoms with Crippen molar-refractivity contribution in [1.82, 2.24) is 19.9 Å². The fraction of sp³-hybridized carbons (Fsp3) is 0.0444. The standard InChI is InChI=1S/C45H30N4O2.Cu/c1-51-45(50)42-43-40(30-18-10-4-11-19-30)36-26-24-34(47-36)38(28-14-6-2-7-15-28)32-22-23-33(46-32)39(29-16-8-3-9-17-29)35-25-27-37(48-35)41(44(42)49-43)31-20-12-5-13-21-31;/h2-27,42H,1H3;/q-2;+2. The minimum absolute atomic E-state index is 0. The molecular weight excluding hydrogens is 692 g/mol. The largest absolute Gasteiger partial charge is 2.00 e. The van der Waals surface area contributed by atoms with Crippen LogP contribution in [-0.2, 0) is 26.6 Å². The van der Waals surface area contributed by atoms with Gasteiger partial charge >= 0.3 is 23.0 Å². The molecule has 52 heavy (non-hydrogen) atoms. The van der Waals surface area contributed by atoms with Crippen LogP contribution in [0.25, 0.3) is 77.6 Å². The van der Waals surface area contributed by atoms with Gasteiger partial charge in [-0.25, -0.2) is 0 Å². The van der Waals surface area contributed by atoms with Gasteiger partial charge in [-0.15, -0.1) is 22.4 Å². The fourth-order valence-corrected chi connectivity index (χ4v) is 7.11. The molecule has 4 aromatic heterocycles. The van der Waals surface area contributed by atoms with Crippen LogP contribution in [-0.4, -0.2) is 13.1 Å². The van der Waals surface area contributed by atoms with Crippen molar-refractivity contribution in [3.05, 3.63) is 169 Å². The molecule has 8 aromatic rings. The number of nitrogens with zero attached hydrogens (tertiary/aromatic N) is 4. The fourth-order valence-electron chi connectivity index (χ4n) is 7.11. The SMILES string of the molecule is COC(=O)C1c2[n-]c1c(-c1ccccc1)c1ccc([n-]1)[c+](-c1ccccc1)c1ccc([n-]1)[c+](-c1ccccc1)c1ccc([n-]1)c2-c1ccccc1.[Cu+2]. The topological polar surface area (TPSA) is 82.7 Å². The van der Waals surface area contributed by atoms with E-state index in [1.54, 1.807) is 0 Å². The third-order valence-corrected chi connectivity index (χ3v) is 9.44. The number of aromatic nitrogens is 4. The summed E-state index contributed by atoms with van der Waals surface area (Å²) in [6.07, 6.45) is 0. The summed E-state index contributed by atoms with van der Waals surface area (Å²) in [5.41, 5.74) is 12.9. The second-order valence-electron chi connectivity index (χ2n) is 12.4. The van der Waals surface area contributed by atoms with Crippen molar-refractivity contribution in [2.45, 2.75) is 5.92 Å². The molecule has 2 aliphatic heterocycles. The number of ether oxygens (including phenoxy) is 1. The Bertz CT molecular complexity index is 2510. The van der Waals surface area contributed by atoms with Gasteiger partial charge in [-0.05, 0) is 82.8 Å². The van der Waals surface area contributed by atoms with Crippen molar-refractivity contribution in [2.24, 2.45) is 0 Å². The van der Waals surface area contributed by atoms with E-state index in [9.17, 15) is 4.79 Å². The average Bonchev–Trinajstić information content (AvgIpc) is 3.96. The van der Waals surface area contributed by atoms with E-state index in [0.29, 0.717) is 22.4 Å².